The average Bonchev–Trinajstić information content (AvgIpc) is 2.80. The fourth-order valence-electron chi connectivity index (χ4n) is 3.80. The number of halogens is 2. The van der Waals surface area contributed by atoms with Crippen molar-refractivity contribution in [1.29, 1.82) is 0 Å². The summed E-state index contributed by atoms with van der Waals surface area (Å²) in [5.41, 5.74) is 1.46. The molecule has 1 fully saturated rings. The maximum Gasteiger partial charge on any atom is 0.387 e. The van der Waals surface area contributed by atoms with E-state index in [0.717, 1.165) is 25.7 Å². The Morgan fingerprint density at radius 3 is 2.45 bits per heavy atom. The number of carbonyl (C=O) groups is 2. The lowest BCUT2D eigenvalue weighted by molar-refractivity contribution is -0.116. The van der Waals surface area contributed by atoms with Crippen molar-refractivity contribution >= 4 is 17.6 Å². The second kappa shape index (κ2) is 12.0. The van der Waals surface area contributed by atoms with Crippen molar-refractivity contribution in [2.24, 2.45) is 0 Å². The van der Waals surface area contributed by atoms with E-state index in [2.05, 4.69) is 20.7 Å². The Hall–Kier alpha value is -3.36. The summed E-state index contributed by atoms with van der Waals surface area (Å²) in [7, 11) is 1.53. The van der Waals surface area contributed by atoms with Crippen molar-refractivity contribution in [2.75, 3.05) is 19.0 Å². The third-order valence-electron chi connectivity index (χ3n) is 5.46. The van der Waals surface area contributed by atoms with E-state index in [1.165, 1.54) is 25.7 Å². The fraction of sp³-hybridized carbons (Fsp3) is 0.417. The van der Waals surface area contributed by atoms with Crippen LogP contribution < -0.4 is 25.4 Å². The monoisotopic (exact) mass is 461 g/mol. The number of urea groups is 1. The third-order valence-corrected chi connectivity index (χ3v) is 5.46. The van der Waals surface area contributed by atoms with E-state index >= 15 is 0 Å². The number of nitrogens with one attached hydrogen (secondary N) is 3. The molecule has 0 unspecified atom stereocenters. The van der Waals surface area contributed by atoms with E-state index < -0.39 is 6.61 Å². The van der Waals surface area contributed by atoms with Crippen molar-refractivity contribution in [2.45, 2.75) is 51.2 Å². The second-order valence-electron chi connectivity index (χ2n) is 7.85. The molecule has 3 amide bonds. The van der Waals surface area contributed by atoms with E-state index in [1.54, 1.807) is 30.3 Å². The first-order valence-corrected chi connectivity index (χ1v) is 11.0. The number of hydrogen-bond acceptors (Lipinski definition) is 4. The van der Waals surface area contributed by atoms with Crippen LogP contribution in [0.25, 0.3) is 11.1 Å². The summed E-state index contributed by atoms with van der Waals surface area (Å²) in [6, 6.07) is 11.2. The van der Waals surface area contributed by atoms with Gasteiger partial charge in [0, 0.05) is 30.3 Å². The molecule has 0 aliphatic heterocycles. The molecule has 0 spiro atoms. The lowest BCUT2D eigenvalue weighted by Gasteiger charge is -2.22. The molecule has 1 aliphatic carbocycles. The molecule has 33 heavy (non-hydrogen) atoms. The lowest BCUT2D eigenvalue weighted by Crippen LogP contribution is -2.43. The Morgan fingerprint density at radius 1 is 1.06 bits per heavy atom. The number of benzene rings is 2. The highest BCUT2D eigenvalue weighted by Gasteiger charge is 2.16. The standard InChI is InChI=1S/C24H29F2N3O4/c1-32-19-10-7-16(8-11-19)20-15-18(9-12-21(20)33-23(25)26)28-22(30)13-14-27-24(31)29-17-5-3-2-4-6-17/h7-12,15,17,23H,2-6,13-14H2,1H3,(H,28,30)(H2,27,29,31). The summed E-state index contributed by atoms with van der Waals surface area (Å²) in [5.74, 6) is 0.310. The number of alkyl halides is 2. The van der Waals surface area contributed by atoms with Crippen LogP contribution in [0.4, 0.5) is 19.3 Å². The molecule has 0 atom stereocenters. The first-order chi connectivity index (χ1) is 15.9. The fourth-order valence-corrected chi connectivity index (χ4v) is 3.80. The van der Waals surface area contributed by atoms with Gasteiger partial charge in [-0.25, -0.2) is 4.79 Å². The topological polar surface area (TPSA) is 88.7 Å². The first-order valence-electron chi connectivity index (χ1n) is 11.0. The molecule has 2 aromatic rings. The number of amides is 3. The predicted octanol–water partition coefficient (Wildman–Crippen LogP) is 4.92. The number of hydrogen-bond donors (Lipinski definition) is 3. The molecule has 0 aromatic heterocycles. The molecule has 7 nitrogen and oxygen atoms in total. The zero-order valence-corrected chi connectivity index (χ0v) is 18.5. The van der Waals surface area contributed by atoms with Gasteiger partial charge in [0.1, 0.15) is 11.5 Å². The van der Waals surface area contributed by atoms with Crippen LogP contribution in [0, 0.1) is 0 Å². The number of ether oxygens (including phenoxy) is 2. The molecule has 3 rings (SSSR count). The molecule has 0 radical (unpaired) electrons. The van der Waals surface area contributed by atoms with Crippen molar-refractivity contribution in [3.63, 3.8) is 0 Å². The first kappa shape index (κ1) is 24.3. The molecule has 178 valence electrons. The van der Waals surface area contributed by atoms with Crippen LogP contribution in [0.5, 0.6) is 11.5 Å². The van der Waals surface area contributed by atoms with Crippen LogP contribution >= 0.6 is 0 Å². The van der Waals surface area contributed by atoms with Gasteiger partial charge in [0.05, 0.1) is 7.11 Å². The van der Waals surface area contributed by atoms with E-state index in [0.29, 0.717) is 22.6 Å². The molecule has 1 saturated carbocycles. The van der Waals surface area contributed by atoms with Crippen molar-refractivity contribution in [3.8, 4) is 22.6 Å². The van der Waals surface area contributed by atoms with Gasteiger partial charge in [-0.3, -0.25) is 4.79 Å². The van der Waals surface area contributed by atoms with Crippen molar-refractivity contribution < 1.29 is 27.8 Å². The second-order valence-corrected chi connectivity index (χ2v) is 7.85. The highest BCUT2D eigenvalue weighted by Crippen LogP contribution is 2.34. The summed E-state index contributed by atoms with van der Waals surface area (Å²) in [6.45, 7) is -2.80. The van der Waals surface area contributed by atoms with Crippen LogP contribution in [-0.4, -0.2) is 38.2 Å². The van der Waals surface area contributed by atoms with Gasteiger partial charge < -0.3 is 25.4 Å². The summed E-state index contributed by atoms with van der Waals surface area (Å²) in [5, 5.41) is 8.36. The Labute approximate surface area is 191 Å². The molecule has 0 heterocycles. The van der Waals surface area contributed by atoms with Crippen LogP contribution in [0.1, 0.15) is 38.5 Å². The van der Waals surface area contributed by atoms with Crippen LogP contribution in [0.2, 0.25) is 0 Å². The Balaban J connectivity index is 1.57. The van der Waals surface area contributed by atoms with Gasteiger partial charge in [0.2, 0.25) is 5.91 Å². The number of carbonyl (C=O) groups excluding carboxylic acids is 2. The van der Waals surface area contributed by atoms with Crippen molar-refractivity contribution in [3.05, 3.63) is 42.5 Å². The molecule has 9 heteroatoms. The summed E-state index contributed by atoms with van der Waals surface area (Å²) >= 11 is 0. The van der Waals surface area contributed by atoms with Gasteiger partial charge in [-0.1, -0.05) is 31.4 Å². The Bertz CT molecular complexity index is 932. The van der Waals surface area contributed by atoms with E-state index in [1.807, 2.05) is 0 Å². The summed E-state index contributed by atoms with van der Waals surface area (Å²) < 4.78 is 35.5. The maximum atomic E-state index is 12.8. The van der Waals surface area contributed by atoms with Gasteiger partial charge in [-0.05, 0) is 48.7 Å². The smallest absolute Gasteiger partial charge is 0.387 e. The van der Waals surface area contributed by atoms with E-state index in [9.17, 15) is 18.4 Å². The maximum absolute atomic E-state index is 12.8. The predicted molar refractivity (Wildman–Crippen MR) is 122 cm³/mol. The van der Waals surface area contributed by atoms with Gasteiger partial charge >= 0.3 is 12.6 Å². The molecular formula is C24H29F2N3O4. The Morgan fingerprint density at radius 2 is 1.79 bits per heavy atom. The minimum absolute atomic E-state index is 0.00536. The zero-order chi connectivity index (χ0) is 23.6. The summed E-state index contributed by atoms with van der Waals surface area (Å²) in [6.07, 6.45) is 5.48. The molecule has 3 N–H and O–H groups in total. The van der Waals surface area contributed by atoms with Gasteiger partial charge in [-0.15, -0.1) is 0 Å². The minimum atomic E-state index is -2.98. The van der Waals surface area contributed by atoms with E-state index in [4.69, 9.17) is 4.74 Å². The normalized spacial score (nSPS) is 13.9. The van der Waals surface area contributed by atoms with Gasteiger partial charge in [-0.2, -0.15) is 8.78 Å². The minimum Gasteiger partial charge on any atom is -0.497 e. The molecule has 1 aliphatic rings. The van der Waals surface area contributed by atoms with Crippen LogP contribution in [-0.2, 0) is 4.79 Å². The highest BCUT2D eigenvalue weighted by atomic mass is 19.3. The SMILES string of the molecule is COc1ccc(-c2cc(NC(=O)CCNC(=O)NC3CCCCC3)ccc2OC(F)F)cc1. The largest absolute Gasteiger partial charge is 0.497 e. The molecular weight excluding hydrogens is 432 g/mol. The molecule has 0 bridgehead atoms. The number of anilines is 1. The van der Waals surface area contributed by atoms with E-state index in [-0.39, 0.29) is 36.7 Å². The van der Waals surface area contributed by atoms with Gasteiger partial charge in [0.25, 0.3) is 0 Å². The van der Waals surface area contributed by atoms with Crippen molar-refractivity contribution in [1.82, 2.24) is 10.6 Å². The zero-order valence-electron chi connectivity index (χ0n) is 18.5. The third kappa shape index (κ3) is 7.62. The molecule has 0 saturated heterocycles. The summed E-state index contributed by atoms with van der Waals surface area (Å²) in [4.78, 5) is 24.3. The van der Waals surface area contributed by atoms with Gasteiger partial charge in [0.15, 0.2) is 0 Å². The van der Waals surface area contributed by atoms with Crippen LogP contribution in [0.3, 0.4) is 0 Å². The quantitative estimate of drug-likeness (QED) is 0.494. The lowest BCUT2D eigenvalue weighted by atomic mass is 9.96. The number of rotatable bonds is 9. The average molecular weight is 462 g/mol. The molecule has 2 aromatic carbocycles. The highest BCUT2D eigenvalue weighted by molar-refractivity contribution is 5.92. The van der Waals surface area contributed by atoms with Crippen LogP contribution in [0.15, 0.2) is 42.5 Å². The number of methoxy groups -OCH3 is 1. The Kier molecular flexibility index (Phi) is 8.86.